The molecule has 4 nitrogen and oxygen atoms in total. The van der Waals surface area contributed by atoms with Crippen LogP contribution in [-0.4, -0.2) is 32.0 Å². The van der Waals surface area contributed by atoms with Crippen LogP contribution in [0.4, 0.5) is 13.2 Å². The molecule has 1 aromatic rings. The molecule has 0 unspecified atom stereocenters. The zero-order chi connectivity index (χ0) is 14.6. The van der Waals surface area contributed by atoms with Crippen LogP contribution in [0.1, 0.15) is 16.8 Å². The number of hydrogen-bond donors (Lipinski definition) is 0. The van der Waals surface area contributed by atoms with Gasteiger partial charge in [0.2, 0.25) is 5.78 Å². The first-order chi connectivity index (χ1) is 8.77. The number of carbonyl (C=O) groups excluding carboxylic acids is 2. The van der Waals surface area contributed by atoms with Crippen LogP contribution < -0.4 is 9.47 Å². The molecule has 19 heavy (non-hydrogen) atoms. The number of hydrogen-bond acceptors (Lipinski definition) is 4. The second-order valence-corrected chi connectivity index (χ2v) is 3.62. The third kappa shape index (κ3) is 3.97. The van der Waals surface area contributed by atoms with E-state index >= 15 is 0 Å². The highest BCUT2D eigenvalue weighted by Crippen LogP contribution is 2.25. The molecular weight excluding hydrogens is 265 g/mol. The van der Waals surface area contributed by atoms with Gasteiger partial charge in [-0.1, -0.05) is 0 Å². The number of Topliss-reactive ketones (excluding diaryl/α,β-unsaturated/α-hetero) is 2. The lowest BCUT2D eigenvalue weighted by Gasteiger charge is -2.08. The highest BCUT2D eigenvalue weighted by atomic mass is 19.4. The standard InChI is InChI=1S/C12H11F3O4/c1-18-8-3-7(4-9(5-8)19-2)10(16)6-11(17)12(13,14)15/h3-5H,6H2,1-2H3. The molecule has 104 valence electrons. The van der Waals surface area contributed by atoms with Gasteiger partial charge in [0.15, 0.2) is 5.78 Å². The van der Waals surface area contributed by atoms with Gasteiger partial charge < -0.3 is 9.47 Å². The van der Waals surface area contributed by atoms with E-state index in [0.29, 0.717) is 0 Å². The van der Waals surface area contributed by atoms with Crippen molar-refractivity contribution in [3.8, 4) is 11.5 Å². The summed E-state index contributed by atoms with van der Waals surface area (Å²) in [6.45, 7) is 0. The molecule has 0 atom stereocenters. The van der Waals surface area contributed by atoms with Gasteiger partial charge in [0, 0.05) is 11.6 Å². The van der Waals surface area contributed by atoms with E-state index in [4.69, 9.17) is 9.47 Å². The van der Waals surface area contributed by atoms with Crippen LogP contribution >= 0.6 is 0 Å². The average molecular weight is 276 g/mol. The first-order valence-electron chi connectivity index (χ1n) is 5.14. The number of halogens is 3. The number of benzene rings is 1. The van der Waals surface area contributed by atoms with Gasteiger partial charge in [0.25, 0.3) is 0 Å². The Balaban J connectivity index is 2.96. The Bertz CT molecular complexity index is 472. The highest BCUT2D eigenvalue weighted by Gasteiger charge is 2.39. The second-order valence-electron chi connectivity index (χ2n) is 3.62. The van der Waals surface area contributed by atoms with Gasteiger partial charge in [0.05, 0.1) is 20.6 Å². The minimum Gasteiger partial charge on any atom is -0.497 e. The Kier molecular flexibility index (Phi) is 4.52. The van der Waals surface area contributed by atoms with E-state index in [1.165, 1.54) is 32.4 Å². The van der Waals surface area contributed by atoms with Crippen molar-refractivity contribution in [2.45, 2.75) is 12.6 Å². The molecular formula is C12H11F3O4. The molecule has 1 aromatic carbocycles. The Morgan fingerprint density at radius 2 is 1.53 bits per heavy atom. The highest BCUT2D eigenvalue weighted by molar-refractivity contribution is 6.09. The minimum atomic E-state index is -5.02. The SMILES string of the molecule is COc1cc(OC)cc(C(=O)CC(=O)C(F)(F)F)c1. The van der Waals surface area contributed by atoms with Crippen molar-refractivity contribution >= 4 is 11.6 Å². The molecule has 0 spiro atoms. The number of ether oxygens (including phenoxy) is 2. The summed E-state index contributed by atoms with van der Waals surface area (Å²) in [5, 5.41) is 0. The lowest BCUT2D eigenvalue weighted by Crippen LogP contribution is -2.25. The molecule has 0 bridgehead atoms. The number of carbonyl (C=O) groups is 2. The van der Waals surface area contributed by atoms with Crippen molar-refractivity contribution in [1.82, 2.24) is 0 Å². The summed E-state index contributed by atoms with van der Waals surface area (Å²) in [5.41, 5.74) is -0.0752. The van der Waals surface area contributed by atoms with Crippen LogP contribution in [0.5, 0.6) is 11.5 Å². The molecule has 0 radical (unpaired) electrons. The minimum absolute atomic E-state index is 0.0752. The molecule has 0 amide bonds. The lowest BCUT2D eigenvalue weighted by molar-refractivity contribution is -0.170. The molecule has 0 fully saturated rings. The zero-order valence-corrected chi connectivity index (χ0v) is 10.2. The van der Waals surface area contributed by atoms with Gasteiger partial charge in [0.1, 0.15) is 11.5 Å². The fraction of sp³-hybridized carbons (Fsp3) is 0.333. The van der Waals surface area contributed by atoms with Crippen LogP contribution in [0.3, 0.4) is 0 Å². The normalized spacial score (nSPS) is 11.0. The molecule has 0 aliphatic heterocycles. The molecule has 0 aliphatic carbocycles. The predicted octanol–water partition coefficient (Wildman–Crippen LogP) is 2.41. The topological polar surface area (TPSA) is 52.6 Å². The summed E-state index contributed by atoms with van der Waals surface area (Å²) >= 11 is 0. The summed E-state index contributed by atoms with van der Waals surface area (Å²) in [6.07, 6.45) is -6.25. The van der Waals surface area contributed by atoms with E-state index in [-0.39, 0.29) is 17.1 Å². The van der Waals surface area contributed by atoms with Crippen molar-refractivity contribution < 1.29 is 32.2 Å². The predicted molar refractivity (Wildman–Crippen MR) is 59.6 cm³/mol. The zero-order valence-electron chi connectivity index (χ0n) is 10.2. The first-order valence-corrected chi connectivity index (χ1v) is 5.14. The number of ketones is 2. The van der Waals surface area contributed by atoms with Gasteiger partial charge >= 0.3 is 6.18 Å². The van der Waals surface area contributed by atoms with Gasteiger partial charge in [-0.2, -0.15) is 13.2 Å². The Hall–Kier alpha value is -2.05. The third-order valence-corrected chi connectivity index (χ3v) is 2.31. The second kappa shape index (κ2) is 5.73. The Morgan fingerprint density at radius 1 is 1.05 bits per heavy atom. The van der Waals surface area contributed by atoms with E-state index in [2.05, 4.69) is 0 Å². The molecule has 7 heteroatoms. The molecule has 0 heterocycles. The number of rotatable bonds is 5. The van der Waals surface area contributed by atoms with Crippen LogP contribution in [0, 0.1) is 0 Å². The Morgan fingerprint density at radius 3 is 1.89 bits per heavy atom. The molecule has 0 saturated heterocycles. The van der Waals surface area contributed by atoms with Crippen LogP contribution in [0.15, 0.2) is 18.2 Å². The van der Waals surface area contributed by atoms with Gasteiger partial charge in [-0.25, -0.2) is 0 Å². The summed E-state index contributed by atoms with van der Waals surface area (Å²) in [6, 6.07) is 3.95. The van der Waals surface area contributed by atoms with Crippen molar-refractivity contribution in [1.29, 1.82) is 0 Å². The van der Waals surface area contributed by atoms with E-state index < -0.39 is 24.2 Å². The van der Waals surface area contributed by atoms with E-state index in [1.807, 2.05) is 0 Å². The van der Waals surface area contributed by atoms with E-state index in [9.17, 15) is 22.8 Å². The maximum Gasteiger partial charge on any atom is 0.450 e. The third-order valence-electron chi connectivity index (χ3n) is 2.31. The van der Waals surface area contributed by atoms with Crippen LogP contribution in [0.2, 0.25) is 0 Å². The molecule has 0 N–H and O–H groups in total. The largest absolute Gasteiger partial charge is 0.497 e. The average Bonchev–Trinajstić information content (AvgIpc) is 2.36. The fourth-order valence-corrected chi connectivity index (χ4v) is 1.32. The van der Waals surface area contributed by atoms with Gasteiger partial charge in [-0.3, -0.25) is 9.59 Å². The van der Waals surface area contributed by atoms with E-state index in [0.717, 1.165) is 0 Å². The number of methoxy groups -OCH3 is 2. The molecule has 1 rings (SSSR count). The fourth-order valence-electron chi connectivity index (χ4n) is 1.32. The van der Waals surface area contributed by atoms with Crippen molar-refractivity contribution in [2.24, 2.45) is 0 Å². The molecule has 0 aliphatic rings. The summed E-state index contributed by atoms with van der Waals surface area (Å²) in [7, 11) is 2.67. The van der Waals surface area contributed by atoms with Crippen molar-refractivity contribution in [2.75, 3.05) is 14.2 Å². The first kappa shape index (κ1) is 15.0. The molecule has 0 aromatic heterocycles. The summed E-state index contributed by atoms with van der Waals surface area (Å²) in [4.78, 5) is 22.4. The van der Waals surface area contributed by atoms with Gasteiger partial charge in [-0.15, -0.1) is 0 Å². The maximum atomic E-state index is 12.1. The van der Waals surface area contributed by atoms with Crippen molar-refractivity contribution in [3.63, 3.8) is 0 Å². The quantitative estimate of drug-likeness (QED) is 0.612. The van der Waals surface area contributed by atoms with Crippen LogP contribution in [-0.2, 0) is 4.79 Å². The smallest absolute Gasteiger partial charge is 0.450 e. The summed E-state index contributed by atoms with van der Waals surface area (Å²) in [5.74, 6) is -2.52. The lowest BCUT2D eigenvalue weighted by atomic mass is 10.1. The van der Waals surface area contributed by atoms with Crippen molar-refractivity contribution in [3.05, 3.63) is 23.8 Å². The van der Waals surface area contributed by atoms with Gasteiger partial charge in [-0.05, 0) is 12.1 Å². The Labute approximate surface area is 107 Å². The van der Waals surface area contributed by atoms with E-state index in [1.54, 1.807) is 0 Å². The maximum absolute atomic E-state index is 12.1. The number of alkyl halides is 3. The van der Waals surface area contributed by atoms with Crippen LogP contribution in [0.25, 0.3) is 0 Å². The molecule has 0 saturated carbocycles. The summed E-state index contributed by atoms with van der Waals surface area (Å²) < 4.78 is 46.0. The monoisotopic (exact) mass is 276 g/mol.